The van der Waals surface area contributed by atoms with Gasteiger partial charge in [-0.15, -0.1) is 0 Å². The summed E-state index contributed by atoms with van der Waals surface area (Å²) in [6, 6.07) is 0. The summed E-state index contributed by atoms with van der Waals surface area (Å²) in [5.74, 6) is 1.53. The highest BCUT2D eigenvalue weighted by Crippen LogP contribution is 2.13. The van der Waals surface area contributed by atoms with Crippen LogP contribution in [-0.2, 0) is 4.79 Å². The molecule has 1 atom stereocenters. The van der Waals surface area contributed by atoms with Crippen molar-refractivity contribution in [1.82, 2.24) is 5.32 Å². The largest absolute Gasteiger partial charge is 0.373 e. The third-order valence-electron chi connectivity index (χ3n) is 2.50. The van der Waals surface area contributed by atoms with Gasteiger partial charge in [0.2, 0.25) is 5.91 Å². The molecule has 3 N–H and O–H groups in total. The number of amides is 1. The molecule has 0 radical (unpaired) electrons. The first-order valence-corrected chi connectivity index (χ1v) is 5.24. The highest BCUT2D eigenvalue weighted by molar-refractivity contribution is 5.83. The van der Waals surface area contributed by atoms with Gasteiger partial charge in [0.25, 0.3) is 0 Å². The fraction of sp³-hybridized carbons (Fsp3) is 0.800. The van der Waals surface area contributed by atoms with Gasteiger partial charge in [0.15, 0.2) is 0 Å². The lowest BCUT2D eigenvalue weighted by molar-refractivity contribution is -0.117. The van der Waals surface area contributed by atoms with Crippen LogP contribution in [0.4, 0.5) is 0 Å². The van der Waals surface area contributed by atoms with E-state index in [0.717, 1.165) is 24.7 Å². The van der Waals surface area contributed by atoms with E-state index in [0.29, 0.717) is 13.0 Å². The molecule has 0 saturated carbocycles. The van der Waals surface area contributed by atoms with Crippen LogP contribution in [0.3, 0.4) is 0 Å². The predicted octanol–water partition coefficient (Wildman–Crippen LogP) is 0.670. The van der Waals surface area contributed by atoms with Crippen LogP contribution < -0.4 is 11.1 Å². The van der Waals surface area contributed by atoms with E-state index in [1.807, 2.05) is 0 Å². The normalized spacial score (nSPS) is 22.4. The molecule has 1 heterocycles. The van der Waals surface area contributed by atoms with Crippen LogP contribution >= 0.6 is 0 Å². The van der Waals surface area contributed by atoms with Gasteiger partial charge < -0.3 is 11.1 Å². The van der Waals surface area contributed by atoms with E-state index >= 15 is 0 Å². The molecule has 14 heavy (non-hydrogen) atoms. The topological polar surface area (TPSA) is 67.5 Å². The number of carbonyl (C=O) groups excluding carboxylic acids is 1. The second-order valence-electron chi connectivity index (χ2n) is 3.90. The Morgan fingerprint density at radius 3 is 3.14 bits per heavy atom. The second kappa shape index (κ2) is 5.62. The SMILES string of the molecule is CC1CCN=C(NCCC(N)=O)CC1. The van der Waals surface area contributed by atoms with Crippen LogP contribution in [-0.4, -0.2) is 24.8 Å². The number of nitrogens with two attached hydrogens (primary N) is 1. The van der Waals surface area contributed by atoms with Gasteiger partial charge in [-0.25, -0.2) is 0 Å². The monoisotopic (exact) mass is 197 g/mol. The molecule has 1 amide bonds. The van der Waals surface area contributed by atoms with Gasteiger partial charge in [0.1, 0.15) is 0 Å². The lowest BCUT2D eigenvalue weighted by atomic mass is 10.0. The summed E-state index contributed by atoms with van der Waals surface area (Å²) in [5, 5.41) is 3.16. The molecule has 0 aliphatic carbocycles. The third kappa shape index (κ3) is 4.25. The molecular weight excluding hydrogens is 178 g/mol. The van der Waals surface area contributed by atoms with Gasteiger partial charge in [-0.2, -0.15) is 0 Å². The van der Waals surface area contributed by atoms with Crippen molar-refractivity contribution in [3.63, 3.8) is 0 Å². The summed E-state index contributed by atoms with van der Waals surface area (Å²) in [6.07, 6.45) is 3.73. The molecule has 0 saturated heterocycles. The number of hydrogen-bond donors (Lipinski definition) is 2. The number of nitrogens with zero attached hydrogens (tertiary/aromatic N) is 1. The Hall–Kier alpha value is -1.06. The molecule has 4 heteroatoms. The predicted molar refractivity (Wildman–Crippen MR) is 57.1 cm³/mol. The summed E-state index contributed by atoms with van der Waals surface area (Å²) in [7, 11) is 0. The highest BCUT2D eigenvalue weighted by atomic mass is 16.1. The van der Waals surface area contributed by atoms with Crippen molar-refractivity contribution in [3.05, 3.63) is 0 Å². The van der Waals surface area contributed by atoms with Gasteiger partial charge in [-0.1, -0.05) is 6.92 Å². The molecule has 0 aromatic carbocycles. The molecule has 80 valence electrons. The van der Waals surface area contributed by atoms with Gasteiger partial charge in [0, 0.05) is 25.9 Å². The summed E-state index contributed by atoms with van der Waals surface area (Å²) >= 11 is 0. The molecule has 0 spiro atoms. The average Bonchev–Trinajstić information content (AvgIpc) is 2.30. The minimum Gasteiger partial charge on any atom is -0.373 e. The Morgan fingerprint density at radius 2 is 2.43 bits per heavy atom. The highest BCUT2D eigenvalue weighted by Gasteiger charge is 2.09. The molecule has 1 rings (SSSR count). The van der Waals surface area contributed by atoms with Crippen LogP contribution in [0.1, 0.15) is 32.6 Å². The van der Waals surface area contributed by atoms with E-state index in [1.165, 1.54) is 12.8 Å². The Labute approximate surface area is 85.0 Å². The first kappa shape index (κ1) is 11.0. The van der Waals surface area contributed by atoms with Gasteiger partial charge in [-0.3, -0.25) is 9.79 Å². The minimum absolute atomic E-state index is 0.264. The Balaban J connectivity index is 2.23. The van der Waals surface area contributed by atoms with Gasteiger partial charge in [-0.05, 0) is 18.8 Å². The van der Waals surface area contributed by atoms with E-state index in [4.69, 9.17) is 5.73 Å². The zero-order valence-corrected chi connectivity index (χ0v) is 8.75. The van der Waals surface area contributed by atoms with Gasteiger partial charge >= 0.3 is 0 Å². The molecule has 0 aromatic rings. The fourth-order valence-corrected chi connectivity index (χ4v) is 1.50. The van der Waals surface area contributed by atoms with Crippen molar-refractivity contribution in [2.45, 2.75) is 32.6 Å². The first-order chi connectivity index (χ1) is 6.68. The van der Waals surface area contributed by atoms with Gasteiger partial charge in [0.05, 0.1) is 5.84 Å². The lowest BCUT2D eigenvalue weighted by Gasteiger charge is -2.07. The molecule has 1 aliphatic rings. The van der Waals surface area contributed by atoms with Crippen molar-refractivity contribution in [1.29, 1.82) is 0 Å². The third-order valence-corrected chi connectivity index (χ3v) is 2.50. The van der Waals surface area contributed by atoms with E-state index in [1.54, 1.807) is 0 Å². The van der Waals surface area contributed by atoms with E-state index in [9.17, 15) is 4.79 Å². The van der Waals surface area contributed by atoms with Crippen LogP contribution in [0.2, 0.25) is 0 Å². The maximum absolute atomic E-state index is 10.5. The number of primary amides is 1. The number of amidine groups is 1. The number of hydrogen-bond acceptors (Lipinski definition) is 3. The summed E-state index contributed by atoms with van der Waals surface area (Å²) in [6.45, 7) is 3.77. The Bertz CT molecular complexity index is 225. The standard InChI is InChI=1S/C10H19N3O/c1-8-2-3-10(12-6-4-8)13-7-5-9(11)14/h8H,2-7H2,1H3,(H2,11,14)(H,12,13). The zero-order chi connectivity index (χ0) is 10.4. The summed E-state index contributed by atoms with van der Waals surface area (Å²) in [4.78, 5) is 14.9. The van der Waals surface area contributed by atoms with Crippen molar-refractivity contribution in [2.75, 3.05) is 13.1 Å². The molecule has 0 bridgehead atoms. The lowest BCUT2D eigenvalue weighted by Crippen LogP contribution is -2.27. The zero-order valence-electron chi connectivity index (χ0n) is 8.75. The maximum atomic E-state index is 10.5. The van der Waals surface area contributed by atoms with E-state index < -0.39 is 0 Å². The summed E-state index contributed by atoms with van der Waals surface area (Å²) in [5.41, 5.74) is 5.04. The van der Waals surface area contributed by atoms with Crippen molar-refractivity contribution in [3.8, 4) is 0 Å². The molecule has 1 aliphatic heterocycles. The quantitative estimate of drug-likeness (QED) is 0.698. The summed E-state index contributed by atoms with van der Waals surface area (Å²) < 4.78 is 0. The average molecular weight is 197 g/mol. The maximum Gasteiger partial charge on any atom is 0.219 e. The number of aliphatic imine (C=N–C) groups is 1. The Morgan fingerprint density at radius 1 is 1.64 bits per heavy atom. The molecule has 4 nitrogen and oxygen atoms in total. The molecule has 0 fully saturated rings. The van der Waals surface area contributed by atoms with Crippen molar-refractivity contribution in [2.24, 2.45) is 16.6 Å². The van der Waals surface area contributed by atoms with Crippen LogP contribution in [0.25, 0.3) is 0 Å². The van der Waals surface area contributed by atoms with Crippen LogP contribution in [0, 0.1) is 5.92 Å². The molecule has 0 aromatic heterocycles. The van der Waals surface area contributed by atoms with E-state index in [2.05, 4.69) is 17.2 Å². The van der Waals surface area contributed by atoms with Crippen LogP contribution in [0.15, 0.2) is 4.99 Å². The number of rotatable bonds is 3. The number of carbonyl (C=O) groups is 1. The smallest absolute Gasteiger partial charge is 0.219 e. The molecular formula is C10H19N3O. The second-order valence-corrected chi connectivity index (χ2v) is 3.90. The van der Waals surface area contributed by atoms with Crippen LogP contribution in [0.5, 0.6) is 0 Å². The molecule has 1 unspecified atom stereocenters. The Kier molecular flexibility index (Phi) is 4.43. The first-order valence-electron chi connectivity index (χ1n) is 5.24. The van der Waals surface area contributed by atoms with Crippen molar-refractivity contribution < 1.29 is 4.79 Å². The number of nitrogens with one attached hydrogen (secondary N) is 1. The minimum atomic E-state index is -0.264. The fourth-order valence-electron chi connectivity index (χ4n) is 1.50. The van der Waals surface area contributed by atoms with Crippen molar-refractivity contribution >= 4 is 11.7 Å². The van der Waals surface area contributed by atoms with E-state index in [-0.39, 0.29) is 5.91 Å².